The lowest BCUT2D eigenvalue weighted by atomic mass is 10.0. The number of hydrogen-bond donors (Lipinski definition) is 0. The van der Waals surface area contributed by atoms with Gasteiger partial charge in [-0.2, -0.15) is 5.10 Å². The molecular weight excluding hydrogens is 314 g/mol. The Labute approximate surface area is 149 Å². The van der Waals surface area contributed by atoms with Crippen LogP contribution in [0, 0.1) is 12.8 Å². The van der Waals surface area contributed by atoms with Crippen molar-refractivity contribution in [2.75, 3.05) is 27.2 Å². The van der Waals surface area contributed by atoms with E-state index in [4.69, 9.17) is 4.98 Å². The van der Waals surface area contributed by atoms with E-state index in [-0.39, 0.29) is 11.8 Å². The van der Waals surface area contributed by atoms with Crippen molar-refractivity contribution in [3.05, 3.63) is 23.0 Å². The number of pyridine rings is 1. The topological polar surface area (TPSA) is 54.3 Å². The van der Waals surface area contributed by atoms with Gasteiger partial charge in [0.25, 0.3) is 5.91 Å². The number of hydrogen-bond acceptors (Lipinski definition) is 4. The SMILES string of the molecule is Cc1nn(C)c2nc(C(C)C)cc(C(=O)N3CC(C)C(N(C)C)C3)c12. The molecule has 1 aliphatic rings. The molecule has 2 aromatic heterocycles. The number of rotatable bonds is 3. The largest absolute Gasteiger partial charge is 0.337 e. The van der Waals surface area contributed by atoms with Crippen LogP contribution in [0.15, 0.2) is 6.07 Å². The van der Waals surface area contributed by atoms with Crippen LogP contribution in [0.25, 0.3) is 11.0 Å². The Hall–Kier alpha value is -1.95. The molecule has 0 aliphatic carbocycles. The quantitative estimate of drug-likeness (QED) is 0.859. The lowest BCUT2D eigenvalue weighted by Crippen LogP contribution is -2.35. The summed E-state index contributed by atoms with van der Waals surface area (Å²) >= 11 is 0. The Kier molecular flexibility index (Phi) is 4.58. The van der Waals surface area contributed by atoms with Gasteiger partial charge in [0, 0.05) is 31.9 Å². The number of fused-ring (bicyclic) bond motifs is 1. The average molecular weight is 343 g/mol. The number of aromatic nitrogens is 3. The third kappa shape index (κ3) is 3.03. The summed E-state index contributed by atoms with van der Waals surface area (Å²) in [7, 11) is 6.06. The minimum Gasteiger partial charge on any atom is -0.337 e. The first kappa shape index (κ1) is 17.9. The van der Waals surface area contributed by atoms with E-state index in [9.17, 15) is 4.79 Å². The van der Waals surface area contributed by atoms with Gasteiger partial charge in [0.2, 0.25) is 0 Å². The van der Waals surface area contributed by atoms with Gasteiger partial charge in [0.05, 0.1) is 16.6 Å². The third-order valence-corrected chi connectivity index (χ3v) is 5.33. The number of carbonyl (C=O) groups is 1. The van der Waals surface area contributed by atoms with Crippen LogP contribution in [0.1, 0.15) is 48.4 Å². The van der Waals surface area contributed by atoms with Gasteiger partial charge in [-0.25, -0.2) is 4.98 Å². The smallest absolute Gasteiger partial charge is 0.254 e. The highest BCUT2D eigenvalue weighted by molar-refractivity contribution is 6.06. The molecule has 2 aromatic rings. The van der Waals surface area contributed by atoms with Crippen molar-refractivity contribution in [2.45, 2.75) is 39.7 Å². The molecule has 6 nitrogen and oxygen atoms in total. The van der Waals surface area contributed by atoms with Crippen molar-refractivity contribution in [1.29, 1.82) is 0 Å². The second-order valence-electron chi connectivity index (χ2n) is 7.88. The van der Waals surface area contributed by atoms with Gasteiger partial charge in [0.15, 0.2) is 5.65 Å². The van der Waals surface area contributed by atoms with E-state index >= 15 is 0 Å². The molecule has 1 aliphatic heterocycles. The predicted molar refractivity (Wildman–Crippen MR) is 99.9 cm³/mol. The summed E-state index contributed by atoms with van der Waals surface area (Å²) in [6.07, 6.45) is 0. The van der Waals surface area contributed by atoms with Crippen molar-refractivity contribution >= 4 is 16.9 Å². The standard InChI is InChI=1S/C19H29N5O/c1-11(2)15-8-14(17-13(4)21-23(7)18(17)20-15)19(25)24-9-12(3)16(10-24)22(5)6/h8,11-12,16H,9-10H2,1-7H3. The van der Waals surface area contributed by atoms with Gasteiger partial charge in [0.1, 0.15) is 0 Å². The molecule has 0 bridgehead atoms. The minimum atomic E-state index is 0.0987. The molecule has 6 heteroatoms. The fourth-order valence-corrected chi connectivity index (χ4v) is 3.89. The van der Waals surface area contributed by atoms with Crippen LogP contribution in [-0.4, -0.2) is 63.7 Å². The highest BCUT2D eigenvalue weighted by Crippen LogP contribution is 2.28. The average Bonchev–Trinajstić information content (AvgIpc) is 3.06. The second kappa shape index (κ2) is 6.41. The monoisotopic (exact) mass is 343 g/mol. The highest BCUT2D eigenvalue weighted by Gasteiger charge is 2.35. The Morgan fingerprint density at radius 3 is 2.56 bits per heavy atom. The summed E-state index contributed by atoms with van der Waals surface area (Å²) in [5.41, 5.74) is 3.34. The molecule has 1 amide bonds. The van der Waals surface area contributed by atoms with Crippen molar-refractivity contribution < 1.29 is 4.79 Å². The normalized spacial score (nSPS) is 21.1. The molecule has 0 radical (unpaired) electrons. The van der Waals surface area contributed by atoms with Crippen LogP contribution in [0.2, 0.25) is 0 Å². The summed E-state index contributed by atoms with van der Waals surface area (Å²) < 4.78 is 1.78. The molecular formula is C19H29N5O. The van der Waals surface area contributed by atoms with Gasteiger partial charge in [-0.15, -0.1) is 0 Å². The molecule has 2 unspecified atom stereocenters. The Balaban J connectivity index is 2.07. The lowest BCUT2D eigenvalue weighted by Gasteiger charge is -2.22. The Morgan fingerprint density at radius 1 is 1.32 bits per heavy atom. The van der Waals surface area contributed by atoms with Crippen molar-refractivity contribution in [1.82, 2.24) is 24.6 Å². The van der Waals surface area contributed by atoms with E-state index in [1.165, 1.54) is 0 Å². The Bertz CT molecular complexity index is 808. The first-order chi connectivity index (χ1) is 11.7. The van der Waals surface area contributed by atoms with Gasteiger partial charge in [-0.3, -0.25) is 9.48 Å². The lowest BCUT2D eigenvalue weighted by molar-refractivity contribution is 0.0783. The summed E-state index contributed by atoms with van der Waals surface area (Å²) in [5.74, 6) is 0.829. The zero-order chi connectivity index (χ0) is 18.5. The summed E-state index contributed by atoms with van der Waals surface area (Å²) in [4.78, 5) is 22.3. The molecule has 3 heterocycles. The van der Waals surface area contributed by atoms with Crippen LogP contribution >= 0.6 is 0 Å². The number of aryl methyl sites for hydroxylation is 2. The predicted octanol–water partition coefficient (Wildman–Crippen LogP) is 2.42. The molecule has 0 spiro atoms. The minimum absolute atomic E-state index is 0.0987. The van der Waals surface area contributed by atoms with Crippen LogP contribution in [0.4, 0.5) is 0 Å². The fourth-order valence-electron chi connectivity index (χ4n) is 3.89. The third-order valence-electron chi connectivity index (χ3n) is 5.33. The number of amides is 1. The van der Waals surface area contributed by atoms with Crippen LogP contribution in [0.5, 0.6) is 0 Å². The molecule has 1 fully saturated rings. The van der Waals surface area contributed by atoms with Crippen LogP contribution < -0.4 is 0 Å². The van der Waals surface area contributed by atoms with E-state index < -0.39 is 0 Å². The molecule has 1 saturated heterocycles. The highest BCUT2D eigenvalue weighted by atomic mass is 16.2. The molecule has 0 aromatic carbocycles. The van der Waals surface area contributed by atoms with Crippen LogP contribution in [-0.2, 0) is 7.05 Å². The van der Waals surface area contributed by atoms with E-state index in [1.54, 1.807) is 4.68 Å². The number of carbonyl (C=O) groups excluding carboxylic acids is 1. The molecule has 136 valence electrons. The maximum atomic E-state index is 13.4. The maximum Gasteiger partial charge on any atom is 0.254 e. The first-order valence-electron chi connectivity index (χ1n) is 9.00. The van der Waals surface area contributed by atoms with Gasteiger partial charge in [-0.05, 0) is 38.9 Å². The Morgan fingerprint density at radius 2 is 2.00 bits per heavy atom. The van der Waals surface area contributed by atoms with E-state index in [2.05, 4.69) is 44.9 Å². The maximum absolute atomic E-state index is 13.4. The van der Waals surface area contributed by atoms with Crippen LogP contribution in [0.3, 0.4) is 0 Å². The van der Waals surface area contributed by atoms with Gasteiger partial charge in [-0.1, -0.05) is 20.8 Å². The zero-order valence-corrected chi connectivity index (χ0v) is 16.4. The number of likely N-dealkylation sites (N-methyl/N-ethyl adjacent to an activating group) is 1. The molecule has 0 N–H and O–H groups in total. The first-order valence-corrected chi connectivity index (χ1v) is 9.00. The van der Waals surface area contributed by atoms with Crippen molar-refractivity contribution in [2.24, 2.45) is 13.0 Å². The van der Waals surface area contributed by atoms with Gasteiger partial charge < -0.3 is 9.80 Å². The van der Waals surface area contributed by atoms with Crippen molar-refractivity contribution in [3.63, 3.8) is 0 Å². The van der Waals surface area contributed by atoms with Crippen molar-refractivity contribution in [3.8, 4) is 0 Å². The zero-order valence-electron chi connectivity index (χ0n) is 16.4. The number of likely N-dealkylation sites (tertiary alicyclic amines) is 1. The molecule has 3 rings (SSSR count). The summed E-state index contributed by atoms with van der Waals surface area (Å²) in [6, 6.07) is 2.37. The van der Waals surface area contributed by atoms with E-state index in [0.29, 0.717) is 12.0 Å². The van der Waals surface area contributed by atoms with Gasteiger partial charge >= 0.3 is 0 Å². The number of nitrogens with zero attached hydrogens (tertiary/aromatic N) is 5. The van der Waals surface area contributed by atoms with E-state index in [0.717, 1.165) is 41.1 Å². The molecule has 25 heavy (non-hydrogen) atoms. The van der Waals surface area contributed by atoms with E-state index in [1.807, 2.05) is 24.9 Å². The summed E-state index contributed by atoms with van der Waals surface area (Å²) in [5, 5.41) is 5.38. The summed E-state index contributed by atoms with van der Waals surface area (Å²) in [6.45, 7) is 9.94. The molecule has 2 atom stereocenters. The molecule has 0 saturated carbocycles. The second-order valence-corrected chi connectivity index (χ2v) is 7.88. The fraction of sp³-hybridized carbons (Fsp3) is 0.632.